The fourth-order valence-electron chi connectivity index (χ4n) is 7.62. The Morgan fingerprint density at radius 1 is 0.475 bits per heavy atom. The van der Waals surface area contributed by atoms with Crippen LogP contribution in [0.25, 0.3) is 0 Å². The summed E-state index contributed by atoms with van der Waals surface area (Å²) < 4.78 is 9.28. The number of fused-ring (bicyclic) bond motifs is 2. The third-order valence-electron chi connectivity index (χ3n) is 10.4. The van der Waals surface area contributed by atoms with E-state index in [-0.39, 0.29) is 61.2 Å². The SMILES string of the molecule is COC(=O)[C@H](CO)NC(=O)[C@H](CC(C)C)NC(=O)[C@H](CC(C)C)NC(=O)[C@@H]1[C@H](C(=O)N[C@@H](CC(C)C)C(=O)N[C@@H](CC(C)C)C(=O)N[C@@H](CO)C(=O)OC)[C@@H]2C=C[C@H]1C2. The molecule has 0 spiro atoms. The van der Waals surface area contributed by atoms with Crippen molar-refractivity contribution in [3.05, 3.63) is 12.2 Å². The molecule has 2 aliphatic carbocycles. The van der Waals surface area contributed by atoms with Crippen molar-refractivity contribution in [2.45, 2.75) is 124 Å². The highest BCUT2D eigenvalue weighted by Crippen LogP contribution is 2.48. The number of ether oxygens (including phenoxy) is 2. The third kappa shape index (κ3) is 15.2. The second kappa shape index (κ2) is 23.9. The Morgan fingerprint density at radius 2 is 0.729 bits per heavy atom. The fourth-order valence-corrected chi connectivity index (χ4v) is 7.62. The molecule has 59 heavy (non-hydrogen) atoms. The van der Waals surface area contributed by atoms with Gasteiger partial charge in [0.1, 0.15) is 24.2 Å². The van der Waals surface area contributed by atoms with Gasteiger partial charge >= 0.3 is 11.9 Å². The number of amides is 6. The first kappa shape index (κ1) is 50.6. The lowest BCUT2D eigenvalue weighted by Gasteiger charge is -2.31. The Labute approximate surface area is 347 Å². The van der Waals surface area contributed by atoms with E-state index in [9.17, 15) is 48.6 Å². The fraction of sp³-hybridized carbons (Fsp3) is 0.756. The number of nitrogens with one attached hydrogen (secondary N) is 6. The maximum Gasteiger partial charge on any atom is 0.330 e. The number of methoxy groups -OCH3 is 2. The number of aliphatic hydroxyl groups excluding tert-OH is 2. The van der Waals surface area contributed by atoms with Crippen molar-refractivity contribution in [2.75, 3.05) is 27.4 Å². The molecule has 0 aliphatic heterocycles. The number of allylic oxidation sites excluding steroid dienone is 2. The van der Waals surface area contributed by atoms with E-state index in [4.69, 9.17) is 0 Å². The highest BCUT2D eigenvalue weighted by molar-refractivity contribution is 5.97. The number of hydrogen-bond acceptors (Lipinski definition) is 12. The van der Waals surface area contributed by atoms with E-state index >= 15 is 0 Å². The predicted molar refractivity (Wildman–Crippen MR) is 215 cm³/mol. The second-order valence-corrected chi connectivity index (χ2v) is 17.3. The summed E-state index contributed by atoms with van der Waals surface area (Å²) in [5.74, 6) is -8.22. The largest absolute Gasteiger partial charge is 0.467 e. The second-order valence-electron chi connectivity index (χ2n) is 17.3. The van der Waals surface area contributed by atoms with E-state index in [2.05, 4.69) is 41.4 Å². The predicted octanol–water partition coefficient (Wildman–Crippen LogP) is -0.151. The van der Waals surface area contributed by atoms with Crippen LogP contribution >= 0.6 is 0 Å². The molecule has 1 saturated carbocycles. The normalized spacial score (nSPS) is 21.2. The molecule has 334 valence electrons. The van der Waals surface area contributed by atoms with Gasteiger partial charge in [0.05, 0.1) is 39.3 Å². The van der Waals surface area contributed by atoms with Gasteiger partial charge in [-0.3, -0.25) is 28.8 Å². The van der Waals surface area contributed by atoms with Crippen LogP contribution in [0.4, 0.5) is 0 Å². The molecule has 2 aliphatic rings. The van der Waals surface area contributed by atoms with Gasteiger partial charge in [0, 0.05) is 0 Å². The van der Waals surface area contributed by atoms with Crippen molar-refractivity contribution in [3.63, 3.8) is 0 Å². The number of carbonyl (C=O) groups is 8. The quantitative estimate of drug-likeness (QED) is 0.0466. The lowest BCUT2D eigenvalue weighted by molar-refractivity contribution is -0.147. The van der Waals surface area contributed by atoms with Crippen LogP contribution in [0.2, 0.25) is 0 Å². The molecule has 18 nitrogen and oxygen atoms in total. The molecule has 6 amide bonds. The van der Waals surface area contributed by atoms with Gasteiger partial charge in [0.25, 0.3) is 0 Å². The molecule has 0 saturated heterocycles. The van der Waals surface area contributed by atoms with Gasteiger partial charge in [-0.05, 0) is 67.6 Å². The van der Waals surface area contributed by atoms with Crippen LogP contribution in [-0.2, 0) is 47.8 Å². The number of hydrogen-bond donors (Lipinski definition) is 8. The zero-order valence-corrected chi connectivity index (χ0v) is 36.2. The number of aliphatic hydroxyl groups is 2. The molecular weight excluding hydrogens is 768 g/mol. The zero-order chi connectivity index (χ0) is 44.7. The number of rotatable bonds is 24. The van der Waals surface area contributed by atoms with Gasteiger partial charge in [-0.15, -0.1) is 0 Å². The smallest absolute Gasteiger partial charge is 0.330 e. The highest BCUT2D eigenvalue weighted by Gasteiger charge is 2.52. The van der Waals surface area contributed by atoms with E-state index in [0.29, 0.717) is 6.42 Å². The molecule has 0 aromatic rings. The van der Waals surface area contributed by atoms with Crippen LogP contribution in [0.1, 0.15) is 87.5 Å². The third-order valence-corrected chi connectivity index (χ3v) is 10.4. The molecule has 2 bridgehead atoms. The van der Waals surface area contributed by atoms with Gasteiger partial charge in [0.2, 0.25) is 35.4 Å². The van der Waals surface area contributed by atoms with Crippen molar-refractivity contribution in [2.24, 2.45) is 47.3 Å². The first-order chi connectivity index (χ1) is 27.7. The Kier molecular flexibility index (Phi) is 20.5. The average Bonchev–Trinajstić information content (AvgIpc) is 3.79. The van der Waals surface area contributed by atoms with Crippen molar-refractivity contribution >= 4 is 47.4 Å². The summed E-state index contributed by atoms with van der Waals surface area (Å²) in [7, 11) is 2.23. The molecule has 0 heterocycles. The topological polar surface area (TPSA) is 268 Å². The molecule has 0 unspecified atom stereocenters. The first-order valence-electron chi connectivity index (χ1n) is 20.5. The minimum absolute atomic E-state index is 0.0694. The van der Waals surface area contributed by atoms with Crippen LogP contribution in [-0.4, -0.2) is 121 Å². The van der Waals surface area contributed by atoms with Gasteiger partial charge < -0.3 is 51.6 Å². The van der Waals surface area contributed by atoms with Crippen LogP contribution < -0.4 is 31.9 Å². The maximum absolute atomic E-state index is 14.2. The Morgan fingerprint density at radius 3 is 0.966 bits per heavy atom. The lowest BCUT2D eigenvalue weighted by atomic mass is 9.81. The van der Waals surface area contributed by atoms with Crippen molar-refractivity contribution in [1.29, 1.82) is 0 Å². The van der Waals surface area contributed by atoms with E-state index < -0.39 is 109 Å². The van der Waals surface area contributed by atoms with Gasteiger partial charge in [-0.2, -0.15) is 0 Å². The molecule has 0 aromatic carbocycles. The van der Waals surface area contributed by atoms with Crippen molar-refractivity contribution in [3.8, 4) is 0 Å². The Hall–Kier alpha value is -4.58. The highest BCUT2D eigenvalue weighted by atomic mass is 16.5. The van der Waals surface area contributed by atoms with Crippen LogP contribution in [0.5, 0.6) is 0 Å². The Bertz CT molecular complexity index is 1410. The zero-order valence-electron chi connectivity index (χ0n) is 36.2. The van der Waals surface area contributed by atoms with Crippen molar-refractivity contribution in [1.82, 2.24) is 31.9 Å². The van der Waals surface area contributed by atoms with E-state index in [1.54, 1.807) is 0 Å². The summed E-state index contributed by atoms with van der Waals surface area (Å²) in [4.78, 5) is 107. The van der Waals surface area contributed by atoms with Gasteiger partial charge in [0.15, 0.2) is 12.1 Å². The van der Waals surface area contributed by atoms with E-state index in [1.807, 2.05) is 67.5 Å². The monoisotopic (exact) mass is 836 g/mol. The van der Waals surface area contributed by atoms with Crippen LogP contribution in [0, 0.1) is 47.3 Å². The Balaban J connectivity index is 2.33. The minimum atomic E-state index is -1.34. The molecule has 8 N–H and O–H groups in total. The molecule has 2 rings (SSSR count). The molecule has 1 fully saturated rings. The summed E-state index contributed by atoms with van der Waals surface area (Å²) in [5, 5.41) is 35.2. The summed E-state index contributed by atoms with van der Waals surface area (Å²) in [5.41, 5.74) is 0. The molecular formula is C41H68N6O12. The number of esters is 2. The van der Waals surface area contributed by atoms with Crippen LogP contribution in [0.15, 0.2) is 12.2 Å². The summed E-state index contributed by atoms with van der Waals surface area (Å²) in [6.45, 7) is 13.4. The van der Waals surface area contributed by atoms with Crippen LogP contribution in [0.3, 0.4) is 0 Å². The summed E-state index contributed by atoms with van der Waals surface area (Å²) in [6, 6.07) is -7.11. The van der Waals surface area contributed by atoms with Gasteiger partial charge in [-0.1, -0.05) is 67.5 Å². The minimum Gasteiger partial charge on any atom is -0.467 e. The van der Waals surface area contributed by atoms with E-state index in [1.165, 1.54) is 0 Å². The molecule has 10 atom stereocenters. The van der Waals surface area contributed by atoms with Crippen molar-refractivity contribution < 1.29 is 58.0 Å². The first-order valence-corrected chi connectivity index (χ1v) is 20.5. The molecule has 0 aromatic heterocycles. The maximum atomic E-state index is 14.2. The summed E-state index contributed by atoms with van der Waals surface area (Å²) in [6.07, 6.45) is 5.02. The van der Waals surface area contributed by atoms with Gasteiger partial charge in [-0.25, -0.2) is 9.59 Å². The number of carbonyl (C=O) groups excluding carboxylic acids is 8. The average molecular weight is 837 g/mol. The van der Waals surface area contributed by atoms with E-state index in [0.717, 1.165) is 14.2 Å². The molecule has 0 radical (unpaired) electrons. The molecule has 18 heteroatoms. The lowest BCUT2D eigenvalue weighted by Crippen LogP contribution is -2.58. The summed E-state index contributed by atoms with van der Waals surface area (Å²) >= 11 is 0. The standard InChI is InChI=1S/C41H68N6O12/c1-20(2)13-26(36(52)46-30(18-48)40(56)58-9)42-34(50)28(15-22(5)6)44-38(54)32-24-11-12-25(17-24)33(32)39(55)45-29(16-23(7)8)35(51)43-27(14-21(3)4)37(53)47-31(19-49)41(57)59-10/h11-12,20-33,48-49H,13-19H2,1-10H3,(H,42,50)(H,43,51)(H,44,54)(H,45,55)(H,46,52)(H,47,53)/t24-,25+,26-,27-,28-,29-,30-,31-,32-,33+/m0/s1.